The van der Waals surface area contributed by atoms with Gasteiger partial charge in [0.2, 0.25) is 0 Å². The molecule has 0 saturated carbocycles. The van der Waals surface area contributed by atoms with Crippen molar-refractivity contribution in [3.8, 4) is 5.75 Å². The summed E-state index contributed by atoms with van der Waals surface area (Å²) in [5.41, 5.74) is 0.668. The molecular weight excluding hydrogens is 224 g/mol. The molecular formula is C13H17ClO2. The lowest BCUT2D eigenvalue weighted by molar-refractivity contribution is 0.0963. The maximum Gasteiger partial charge on any atom is 0.163 e. The van der Waals surface area contributed by atoms with Crippen molar-refractivity contribution >= 4 is 17.4 Å². The fourth-order valence-electron chi connectivity index (χ4n) is 1.41. The third kappa shape index (κ3) is 3.24. The SMILES string of the molecule is CCC(C)CC(=O)c1ccc(Cl)c(OC)c1. The van der Waals surface area contributed by atoms with Crippen LogP contribution in [0.4, 0.5) is 0 Å². The molecule has 1 aromatic rings. The number of rotatable bonds is 5. The standard InChI is InChI=1S/C13H17ClO2/c1-4-9(2)7-12(15)10-5-6-11(14)13(8-10)16-3/h5-6,8-9H,4,7H2,1-3H3. The Labute approximate surface area is 102 Å². The Balaban J connectivity index is 2.84. The number of halogens is 1. The van der Waals surface area contributed by atoms with Crippen molar-refractivity contribution in [1.82, 2.24) is 0 Å². The van der Waals surface area contributed by atoms with Gasteiger partial charge in [0.1, 0.15) is 5.75 Å². The quantitative estimate of drug-likeness (QED) is 0.728. The fraction of sp³-hybridized carbons (Fsp3) is 0.462. The summed E-state index contributed by atoms with van der Waals surface area (Å²) in [5.74, 6) is 1.11. The molecule has 0 fully saturated rings. The topological polar surface area (TPSA) is 26.3 Å². The van der Waals surface area contributed by atoms with E-state index in [4.69, 9.17) is 16.3 Å². The van der Waals surface area contributed by atoms with Crippen molar-refractivity contribution in [1.29, 1.82) is 0 Å². The third-order valence-electron chi connectivity index (χ3n) is 2.70. The maximum absolute atomic E-state index is 11.9. The van der Waals surface area contributed by atoms with Crippen molar-refractivity contribution in [2.24, 2.45) is 5.92 Å². The molecule has 1 unspecified atom stereocenters. The number of methoxy groups -OCH3 is 1. The minimum Gasteiger partial charge on any atom is -0.495 e. The lowest BCUT2D eigenvalue weighted by atomic mass is 9.98. The molecule has 1 atom stereocenters. The molecule has 2 nitrogen and oxygen atoms in total. The van der Waals surface area contributed by atoms with Gasteiger partial charge in [-0.1, -0.05) is 31.9 Å². The highest BCUT2D eigenvalue weighted by molar-refractivity contribution is 6.32. The van der Waals surface area contributed by atoms with Crippen molar-refractivity contribution in [3.05, 3.63) is 28.8 Å². The Bertz CT molecular complexity index is 374. The van der Waals surface area contributed by atoms with E-state index in [2.05, 4.69) is 13.8 Å². The van der Waals surface area contributed by atoms with Crippen LogP contribution in [0.15, 0.2) is 18.2 Å². The summed E-state index contributed by atoms with van der Waals surface area (Å²) in [6.45, 7) is 4.16. The Kier molecular flexibility index (Phi) is 4.81. The summed E-state index contributed by atoms with van der Waals surface area (Å²) < 4.78 is 5.08. The summed E-state index contributed by atoms with van der Waals surface area (Å²) >= 11 is 5.90. The number of carbonyl (C=O) groups is 1. The smallest absolute Gasteiger partial charge is 0.163 e. The molecule has 0 heterocycles. The van der Waals surface area contributed by atoms with Gasteiger partial charge in [0, 0.05) is 12.0 Å². The first-order valence-electron chi connectivity index (χ1n) is 5.45. The van der Waals surface area contributed by atoms with Crippen LogP contribution < -0.4 is 4.74 Å². The van der Waals surface area contributed by atoms with Gasteiger partial charge >= 0.3 is 0 Å². The summed E-state index contributed by atoms with van der Waals surface area (Å²) in [6.07, 6.45) is 1.58. The first-order valence-corrected chi connectivity index (χ1v) is 5.83. The maximum atomic E-state index is 11.9. The largest absolute Gasteiger partial charge is 0.495 e. The zero-order valence-electron chi connectivity index (χ0n) is 9.92. The monoisotopic (exact) mass is 240 g/mol. The molecule has 1 aromatic carbocycles. The van der Waals surface area contributed by atoms with Crippen molar-refractivity contribution in [2.45, 2.75) is 26.7 Å². The van der Waals surface area contributed by atoms with Crippen LogP contribution in [0.1, 0.15) is 37.0 Å². The summed E-state index contributed by atoms with van der Waals surface area (Å²) in [4.78, 5) is 11.9. The number of ketones is 1. The lowest BCUT2D eigenvalue weighted by Gasteiger charge is -2.09. The van der Waals surface area contributed by atoms with Crippen LogP contribution in [0.25, 0.3) is 0 Å². The van der Waals surface area contributed by atoms with Gasteiger partial charge in [0.05, 0.1) is 12.1 Å². The molecule has 0 saturated heterocycles. The minimum absolute atomic E-state index is 0.143. The van der Waals surface area contributed by atoms with E-state index in [-0.39, 0.29) is 5.78 Å². The second-order valence-electron chi connectivity index (χ2n) is 3.99. The van der Waals surface area contributed by atoms with E-state index in [1.54, 1.807) is 25.3 Å². The van der Waals surface area contributed by atoms with Crippen molar-refractivity contribution < 1.29 is 9.53 Å². The molecule has 3 heteroatoms. The minimum atomic E-state index is 0.143. The van der Waals surface area contributed by atoms with Gasteiger partial charge in [-0.2, -0.15) is 0 Å². The molecule has 0 spiro atoms. The Hall–Kier alpha value is -1.02. The predicted octanol–water partition coefficient (Wildman–Crippen LogP) is 3.97. The first-order chi connectivity index (χ1) is 7.58. The molecule has 0 aliphatic carbocycles. The van der Waals surface area contributed by atoms with E-state index in [1.807, 2.05) is 0 Å². The van der Waals surface area contributed by atoms with E-state index in [9.17, 15) is 4.79 Å². The zero-order chi connectivity index (χ0) is 12.1. The van der Waals surface area contributed by atoms with Crippen LogP contribution in [-0.4, -0.2) is 12.9 Å². The van der Waals surface area contributed by atoms with Gasteiger partial charge < -0.3 is 4.74 Å². The number of benzene rings is 1. The normalized spacial score (nSPS) is 12.2. The van der Waals surface area contributed by atoms with Crippen molar-refractivity contribution in [3.63, 3.8) is 0 Å². The summed E-state index contributed by atoms with van der Waals surface area (Å²) in [6, 6.07) is 5.15. The molecule has 0 aliphatic heterocycles. The van der Waals surface area contributed by atoms with Crippen LogP contribution >= 0.6 is 11.6 Å². The average molecular weight is 241 g/mol. The molecule has 0 amide bonds. The van der Waals surface area contributed by atoms with E-state index < -0.39 is 0 Å². The van der Waals surface area contributed by atoms with E-state index in [0.29, 0.717) is 28.7 Å². The Morgan fingerprint density at radius 2 is 2.19 bits per heavy atom. The van der Waals surface area contributed by atoms with Crippen LogP contribution in [0.5, 0.6) is 5.75 Å². The highest BCUT2D eigenvalue weighted by Gasteiger charge is 2.12. The molecule has 0 radical (unpaired) electrons. The van der Waals surface area contributed by atoms with E-state index in [1.165, 1.54) is 0 Å². The van der Waals surface area contributed by atoms with Gasteiger partial charge in [-0.25, -0.2) is 0 Å². The Morgan fingerprint density at radius 1 is 1.50 bits per heavy atom. The van der Waals surface area contributed by atoms with Crippen molar-refractivity contribution in [2.75, 3.05) is 7.11 Å². The van der Waals surface area contributed by atoms with Gasteiger partial charge in [0.15, 0.2) is 5.78 Å². The van der Waals surface area contributed by atoms with Gasteiger partial charge in [-0.15, -0.1) is 0 Å². The van der Waals surface area contributed by atoms with E-state index in [0.717, 1.165) is 6.42 Å². The predicted molar refractivity (Wildman–Crippen MR) is 66.4 cm³/mol. The first kappa shape index (κ1) is 13.0. The fourth-order valence-corrected chi connectivity index (χ4v) is 1.61. The van der Waals surface area contributed by atoms with Crippen LogP contribution in [0, 0.1) is 5.92 Å². The highest BCUT2D eigenvalue weighted by Crippen LogP contribution is 2.26. The van der Waals surface area contributed by atoms with Gasteiger partial charge in [-0.05, 0) is 24.1 Å². The second kappa shape index (κ2) is 5.90. The molecule has 0 bridgehead atoms. The number of Topliss-reactive ketones (excluding diaryl/α,β-unsaturated/α-hetero) is 1. The lowest BCUT2D eigenvalue weighted by Crippen LogP contribution is -2.05. The molecule has 16 heavy (non-hydrogen) atoms. The average Bonchev–Trinajstić information content (AvgIpc) is 2.29. The summed E-state index contributed by atoms with van der Waals surface area (Å²) in [5, 5.41) is 0.530. The van der Waals surface area contributed by atoms with Gasteiger partial charge in [-0.3, -0.25) is 4.79 Å². The van der Waals surface area contributed by atoms with Gasteiger partial charge in [0.25, 0.3) is 0 Å². The molecule has 0 aromatic heterocycles. The molecule has 0 aliphatic rings. The molecule has 0 N–H and O–H groups in total. The van der Waals surface area contributed by atoms with Crippen LogP contribution in [0.2, 0.25) is 5.02 Å². The third-order valence-corrected chi connectivity index (χ3v) is 3.02. The Morgan fingerprint density at radius 3 is 2.75 bits per heavy atom. The summed E-state index contributed by atoms with van der Waals surface area (Å²) in [7, 11) is 1.55. The van der Waals surface area contributed by atoms with E-state index >= 15 is 0 Å². The van der Waals surface area contributed by atoms with Crippen LogP contribution in [0.3, 0.4) is 0 Å². The molecule has 88 valence electrons. The zero-order valence-corrected chi connectivity index (χ0v) is 10.7. The second-order valence-corrected chi connectivity index (χ2v) is 4.40. The number of hydrogen-bond acceptors (Lipinski definition) is 2. The number of ether oxygens (including phenoxy) is 1. The highest BCUT2D eigenvalue weighted by atomic mass is 35.5. The van der Waals surface area contributed by atoms with Crippen LogP contribution in [-0.2, 0) is 0 Å². The number of hydrogen-bond donors (Lipinski definition) is 0. The molecule has 1 rings (SSSR count). The number of carbonyl (C=O) groups excluding carboxylic acids is 1.